The highest BCUT2D eigenvalue weighted by molar-refractivity contribution is 6.30. The number of halogens is 1. The summed E-state index contributed by atoms with van der Waals surface area (Å²) in [5, 5.41) is 0.235. The number of hydrogen-bond acceptors (Lipinski definition) is 4. The highest BCUT2D eigenvalue weighted by Gasteiger charge is 2.05. The van der Waals surface area contributed by atoms with Crippen LogP contribution in [0, 0.1) is 0 Å². The van der Waals surface area contributed by atoms with E-state index in [-0.39, 0.29) is 5.15 Å². The molecule has 1 rings (SSSR count). The van der Waals surface area contributed by atoms with Gasteiger partial charge >= 0.3 is 5.97 Å². The van der Waals surface area contributed by atoms with Crippen LogP contribution in [-0.2, 0) is 4.79 Å². The lowest BCUT2D eigenvalue weighted by molar-refractivity contribution is -0.131. The van der Waals surface area contributed by atoms with E-state index in [1.54, 1.807) is 0 Å². The molecular formula is C8H8ClNO3. The van der Waals surface area contributed by atoms with Crippen molar-refractivity contribution in [1.82, 2.24) is 4.98 Å². The van der Waals surface area contributed by atoms with Crippen LogP contribution >= 0.6 is 11.6 Å². The number of methoxy groups -OCH3 is 1. The predicted molar refractivity (Wildman–Crippen MR) is 47.1 cm³/mol. The summed E-state index contributed by atoms with van der Waals surface area (Å²) in [5.74, 6) is 0.278. The smallest absolute Gasteiger partial charge is 0.308 e. The number of carbonyl (C=O) groups excluding carboxylic acids is 1. The normalized spacial score (nSPS) is 9.46. The zero-order valence-electron chi connectivity index (χ0n) is 7.20. The van der Waals surface area contributed by atoms with Gasteiger partial charge in [0.25, 0.3) is 0 Å². The van der Waals surface area contributed by atoms with Crippen molar-refractivity contribution >= 4 is 17.6 Å². The Balaban J connectivity index is 2.92. The van der Waals surface area contributed by atoms with Crippen molar-refractivity contribution < 1.29 is 14.3 Å². The number of pyridine rings is 1. The lowest BCUT2D eigenvalue weighted by Crippen LogP contribution is -2.02. The van der Waals surface area contributed by atoms with Crippen LogP contribution < -0.4 is 9.47 Å². The van der Waals surface area contributed by atoms with Gasteiger partial charge in [0.05, 0.1) is 13.3 Å². The third kappa shape index (κ3) is 2.59. The van der Waals surface area contributed by atoms with Crippen LogP contribution in [0.15, 0.2) is 12.3 Å². The molecule has 1 aromatic rings. The van der Waals surface area contributed by atoms with E-state index in [1.165, 1.54) is 26.3 Å². The number of rotatable bonds is 2. The number of ether oxygens (including phenoxy) is 2. The van der Waals surface area contributed by atoms with Gasteiger partial charge in [-0.05, 0) is 0 Å². The van der Waals surface area contributed by atoms with E-state index < -0.39 is 5.97 Å². The van der Waals surface area contributed by atoms with Gasteiger partial charge in [-0.1, -0.05) is 11.6 Å². The van der Waals surface area contributed by atoms with Gasteiger partial charge in [0.1, 0.15) is 0 Å². The van der Waals surface area contributed by atoms with Gasteiger partial charge in [-0.15, -0.1) is 0 Å². The second-order valence-electron chi connectivity index (χ2n) is 2.26. The zero-order chi connectivity index (χ0) is 9.84. The van der Waals surface area contributed by atoms with Gasteiger partial charge < -0.3 is 9.47 Å². The molecule has 0 aliphatic heterocycles. The molecule has 0 aliphatic carbocycles. The third-order valence-electron chi connectivity index (χ3n) is 1.26. The molecule has 70 valence electrons. The first kappa shape index (κ1) is 9.80. The van der Waals surface area contributed by atoms with Crippen LogP contribution in [-0.4, -0.2) is 18.1 Å². The summed E-state index contributed by atoms with van der Waals surface area (Å²) in [7, 11) is 1.46. The van der Waals surface area contributed by atoms with E-state index in [2.05, 4.69) is 4.98 Å². The average Bonchev–Trinajstić information content (AvgIpc) is 2.07. The molecule has 1 heterocycles. The van der Waals surface area contributed by atoms with Gasteiger partial charge in [0, 0.05) is 13.0 Å². The van der Waals surface area contributed by atoms with E-state index in [0.29, 0.717) is 11.5 Å². The summed E-state index contributed by atoms with van der Waals surface area (Å²) in [6.45, 7) is 1.31. The molecule has 13 heavy (non-hydrogen) atoms. The summed E-state index contributed by atoms with van der Waals surface area (Å²) in [4.78, 5) is 14.3. The monoisotopic (exact) mass is 201 g/mol. The topological polar surface area (TPSA) is 48.4 Å². The first-order valence-corrected chi connectivity index (χ1v) is 3.89. The lowest BCUT2D eigenvalue weighted by atomic mass is 10.4. The largest absolute Gasteiger partial charge is 0.493 e. The van der Waals surface area contributed by atoms with E-state index in [0.717, 1.165) is 0 Å². The molecule has 4 nitrogen and oxygen atoms in total. The molecule has 0 atom stereocenters. The summed E-state index contributed by atoms with van der Waals surface area (Å²) >= 11 is 5.66. The van der Waals surface area contributed by atoms with Crippen LogP contribution in [0.25, 0.3) is 0 Å². The summed E-state index contributed by atoms with van der Waals surface area (Å²) in [6, 6.07) is 1.50. The Hall–Kier alpha value is -1.29. The minimum absolute atomic E-state index is 0.235. The van der Waals surface area contributed by atoms with Crippen LogP contribution in [0.2, 0.25) is 5.15 Å². The molecule has 0 radical (unpaired) electrons. The van der Waals surface area contributed by atoms with Crippen molar-refractivity contribution in [1.29, 1.82) is 0 Å². The van der Waals surface area contributed by atoms with Crippen molar-refractivity contribution in [3.05, 3.63) is 17.4 Å². The quantitative estimate of drug-likeness (QED) is 0.540. The highest BCUT2D eigenvalue weighted by Crippen LogP contribution is 2.25. The maximum absolute atomic E-state index is 10.6. The van der Waals surface area contributed by atoms with Crippen molar-refractivity contribution in [2.45, 2.75) is 6.92 Å². The Kier molecular flexibility index (Phi) is 3.08. The molecule has 0 saturated heterocycles. The number of esters is 1. The average molecular weight is 202 g/mol. The Bertz CT molecular complexity index is 327. The van der Waals surface area contributed by atoms with Crippen molar-refractivity contribution in [2.24, 2.45) is 0 Å². The minimum Gasteiger partial charge on any atom is -0.493 e. The Morgan fingerprint density at radius 2 is 2.31 bits per heavy atom. The summed E-state index contributed by atoms with van der Waals surface area (Å²) in [6.07, 6.45) is 1.35. The van der Waals surface area contributed by atoms with E-state index >= 15 is 0 Å². The fourth-order valence-electron chi connectivity index (χ4n) is 0.775. The second-order valence-corrected chi connectivity index (χ2v) is 2.62. The molecule has 0 fully saturated rings. The molecule has 0 aliphatic rings. The Labute approximate surface area is 80.4 Å². The maximum atomic E-state index is 10.6. The van der Waals surface area contributed by atoms with E-state index in [9.17, 15) is 4.79 Å². The molecule has 1 aromatic heterocycles. The number of nitrogens with zero attached hydrogens (tertiary/aromatic N) is 1. The number of carbonyl (C=O) groups is 1. The fraction of sp³-hybridized carbons (Fsp3) is 0.250. The first-order valence-electron chi connectivity index (χ1n) is 3.51. The van der Waals surface area contributed by atoms with Crippen molar-refractivity contribution in [3.8, 4) is 11.5 Å². The van der Waals surface area contributed by atoms with Crippen LogP contribution in [0.4, 0.5) is 0 Å². The van der Waals surface area contributed by atoms with Crippen LogP contribution in [0.1, 0.15) is 6.92 Å². The molecule has 0 bridgehead atoms. The number of aromatic nitrogens is 1. The third-order valence-corrected chi connectivity index (χ3v) is 1.55. The Morgan fingerprint density at radius 3 is 2.85 bits per heavy atom. The van der Waals surface area contributed by atoms with Gasteiger partial charge in [-0.3, -0.25) is 4.79 Å². The number of hydrogen-bond donors (Lipinski definition) is 0. The fourth-order valence-corrected chi connectivity index (χ4v) is 0.955. The molecule has 0 unspecified atom stereocenters. The maximum Gasteiger partial charge on any atom is 0.308 e. The molecular weight excluding hydrogens is 194 g/mol. The van der Waals surface area contributed by atoms with Gasteiger partial charge in [-0.25, -0.2) is 4.98 Å². The summed E-state index contributed by atoms with van der Waals surface area (Å²) in [5.41, 5.74) is 0. The molecule has 0 N–H and O–H groups in total. The Morgan fingerprint density at radius 1 is 1.62 bits per heavy atom. The molecule has 0 amide bonds. The van der Waals surface area contributed by atoms with Crippen molar-refractivity contribution in [2.75, 3.05) is 7.11 Å². The summed E-state index contributed by atoms with van der Waals surface area (Å²) < 4.78 is 9.65. The van der Waals surface area contributed by atoms with Crippen molar-refractivity contribution in [3.63, 3.8) is 0 Å². The molecule has 0 spiro atoms. The van der Waals surface area contributed by atoms with Gasteiger partial charge in [-0.2, -0.15) is 0 Å². The van der Waals surface area contributed by atoms with Crippen LogP contribution in [0.3, 0.4) is 0 Å². The van der Waals surface area contributed by atoms with Crippen LogP contribution in [0.5, 0.6) is 11.5 Å². The minimum atomic E-state index is -0.411. The molecule has 0 saturated carbocycles. The molecule has 0 aromatic carbocycles. The van der Waals surface area contributed by atoms with E-state index in [1.807, 2.05) is 0 Å². The predicted octanol–water partition coefficient (Wildman–Crippen LogP) is 1.67. The standard InChI is InChI=1S/C8H8ClNO3/c1-5(11)13-6-3-7(12-2)8(9)10-4-6/h3-4H,1-2H3. The first-order chi connectivity index (χ1) is 6.13. The highest BCUT2D eigenvalue weighted by atomic mass is 35.5. The van der Waals surface area contributed by atoms with E-state index in [4.69, 9.17) is 21.1 Å². The van der Waals surface area contributed by atoms with Gasteiger partial charge in [0.15, 0.2) is 16.7 Å². The lowest BCUT2D eigenvalue weighted by Gasteiger charge is -2.04. The second kappa shape index (κ2) is 4.09. The molecule has 5 heteroatoms. The SMILES string of the molecule is COc1cc(OC(C)=O)cnc1Cl. The zero-order valence-corrected chi connectivity index (χ0v) is 7.96. The van der Waals surface area contributed by atoms with Gasteiger partial charge in [0.2, 0.25) is 0 Å².